The smallest absolute Gasteiger partial charge is 0.350 e. The second-order valence-corrected chi connectivity index (χ2v) is 2.01. The van der Waals surface area contributed by atoms with E-state index in [0.29, 0.717) is 0 Å². The Kier molecular flexibility index (Phi) is 3.39. The molecule has 0 radical (unpaired) electrons. The summed E-state index contributed by atoms with van der Waals surface area (Å²) in [6.07, 6.45) is -0.787. The van der Waals surface area contributed by atoms with E-state index in [4.69, 9.17) is 26.9 Å². The van der Waals surface area contributed by atoms with E-state index < -0.39 is 29.2 Å². The van der Waals surface area contributed by atoms with E-state index in [1.165, 1.54) is 0 Å². The molecule has 0 unspecified atom stereocenters. The fourth-order valence-electron chi connectivity index (χ4n) is 0.344. The van der Waals surface area contributed by atoms with Gasteiger partial charge in [-0.15, -0.1) is 0 Å². The van der Waals surface area contributed by atoms with E-state index in [2.05, 4.69) is 0 Å². The van der Waals surface area contributed by atoms with Crippen molar-refractivity contribution in [3.05, 3.63) is 10.8 Å². The number of aliphatic hydroxyl groups excluding tert-OH is 1. The zero-order valence-corrected chi connectivity index (χ0v) is 6.00. The molecule has 5 nitrogen and oxygen atoms in total. The Labute approximate surface area is 66.5 Å². The van der Waals surface area contributed by atoms with E-state index in [9.17, 15) is 9.59 Å². The van der Waals surface area contributed by atoms with E-state index >= 15 is 0 Å². The Balaban J connectivity index is 4.40. The summed E-state index contributed by atoms with van der Waals surface area (Å²) < 4.78 is 0. The van der Waals surface area contributed by atoms with Crippen LogP contribution in [0.1, 0.15) is 6.42 Å². The molecule has 0 aromatic carbocycles. The maximum absolute atomic E-state index is 9.98. The lowest BCUT2D eigenvalue weighted by molar-refractivity contribution is -0.136. The number of hydrogen-bond donors (Lipinski definition) is 3. The number of carboxylic acid groups (broad SMARTS) is 2. The molecule has 0 aliphatic rings. The van der Waals surface area contributed by atoms with Crippen molar-refractivity contribution in [3.8, 4) is 0 Å². The van der Waals surface area contributed by atoms with Gasteiger partial charge in [-0.1, -0.05) is 11.6 Å². The van der Waals surface area contributed by atoms with Gasteiger partial charge < -0.3 is 15.3 Å². The summed E-state index contributed by atoms with van der Waals surface area (Å²) in [5.41, 5.74) is 0. The summed E-state index contributed by atoms with van der Waals surface area (Å²) in [6.45, 7) is 0. The minimum Gasteiger partial charge on any atom is -0.510 e. The van der Waals surface area contributed by atoms with Crippen molar-refractivity contribution in [2.75, 3.05) is 0 Å². The first-order valence-corrected chi connectivity index (χ1v) is 2.85. The molecule has 0 spiro atoms. The third-order valence-corrected chi connectivity index (χ3v) is 1.14. The van der Waals surface area contributed by atoms with Gasteiger partial charge in [-0.3, -0.25) is 4.79 Å². The van der Waals surface area contributed by atoms with Crippen LogP contribution in [0.4, 0.5) is 0 Å². The van der Waals surface area contributed by atoms with Crippen LogP contribution in [0.5, 0.6) is 0 Å². The third kappa shape index (κ3) is 3.47. The molecular weight excluding hydrogens is 176 g/mol. The monoisotopic (exact) mass is 180 g/mol. The minimum absolute atomic E-state index is 0.787. The molecule has 0 aromatic heterocycles. The van der Waals surface area contributed by atoms with Crippen molar-refractivity contribution < 1.29 is 24.9 Å². The fraction of sp³-hybridized carbons (Fsp3) is 0.200. The van der Waals surface area contributed by atoms with Gasteiger partial charge in [-0.25, -0.2) is 4.79 Å². The normalized spacial score (nSPS) is 12.1. The third-order valence-electron chi connectivity index (χ3n) is 0.760. The van der Waals surface area contributed by atoms with Crippen molar-refractivity contribution in [2.45, 2.75) is 6.42 Å². The number of aliphatic hydroxyl groups is 1. The number of halogens is 1. The summed E-state index contributed by atoms with van der Waals surface area (Å²) in [4.78, 5) is 19.9. The molecule has 11 heavy (non-hydrogen) atoms. The lowest BCUT2D eigenvalue weighted by Crippen LogP contribution is -2.03. The molecular formula is C5H5ClO5. The average Bonchev–Trinajstić information content (AvgIpc) is 1.84. The summed E-state index contributed by atoms with van der Waals surface area (Å²) in [5, 5.41) is 24.0. The van der Waals surface area contributed by atoms with Crippen LogP contribution in [0.25, 0.3) is 0 Å². The molecule has 62 valence electrons. The van der Waals surface area contributed by atoms with Crippen LogP contribution in [0.3, 0.4) is 0 Å². The molecule has 0 aliphatic heterocycles. The predicted octanol–water partition coefficient (Wildman–Crippen LogP) is 0.554. The van der Waals surface area contributed by atoms with Crippen LogP contribution in [-0.4, -0.2) is 27.3 Å². The quantitative estimate of drug-likeness (QED) is 0.436. The highest BCUT2D eigenvalue weighted by Crippen LogP contribution is 2.09. The standard InChI is InChI=1S/C5H5ClO5/c6-4(5(10)11)2(7)1-3(8)9/h7H,1H2,(H,8,9)(H,10,11). The first kappa shape index (κ1) is 9.77. The number of rotatable bonds is 3. The first-order chi connectivity index (χ1) is 4.95. The van der Waals surface area contributed by atoms with Gasteiger partial charge in [0.05, 0.1) is 0 Å². The average molecular weight is 181 g/mol. The Morgan fingerprint density at radius 3 is 1.91 bits per heavy atom. The van der Waals surface area contributed by atoms with Crippen LogP contribution in [0.15, 0.2) is 10.8 Å². The zero-order valence-electron chi connectivity index (χ0n) is 5.24. The topological polar surface area (TPSA) is 94.8 Å². The van der Waals surface area contributed by atoms with Crippen molar-refractivity contribution in [1.29, 1.82) is 0 Å². The second-order valence-electron chi connectivity index (χ2n) is 1.64. The SMILES string of the molecule is O=C(O)CC(O)=C(Cl)C(=O)O. The molecule has 0 bridgehead atoms. The maximum atomic E-state index is 9.98. The van der Waals surface area contributed by atoms with Gasteiger partial charge in [-0.2, -0.15) is 0 Å². The minimum atomic E-state index is -1.55. The number of carbonyl (C=O) groups is 2. The molecule has 0 aliphatic carbocycles. The molecule has 0 saturated carbocycles. The molecule has 0 saturated heterocycles. The highest BCUT2D eigenvalue weighted by Gasteiger charge is 2.13. The van der Waals surface area contributed by atoms with E-state index in [0.717, 1.165) is 0 Å². The van der Waals surface area contributed by atoms with Crippen molar-refractivity contribution in [2.24, 2.45) is 0 Å². The van der Waals surface area contributed by atoms with Crippen LogP contribution < -0.4 is 0 Å². The Hall–Kier alpha value is -1.23. The molecule has 0 atom stereocenters. The molecule has 3 N–H and O–H groups in total. The fourth-order valence-corrected chi connectivity index (χ4v) is 0.411. The van der Waals surface area contributed by atoms with Gasteiger partial charge in [0.25, 0.3) is 0 Å². The van der Waals surface area contributed by atoms with Gasteiger partial charge >= 0.3 is 11.9 Å². The first-order valence-electron chi connectivity index (χ1n) is 2.48. The number of hydrogen-bond acceptors (Lipinski definition) is 3. The van der Waals surface area contributed by atoms with Crippen LogP contribution in [0, 0.1) is 0 Å². The molecule has 6 heteroatoms. The van der Waals surface area contributed by atoms with Crippen LogP contribution in [0.2, 0.25) is 0 Å². The van der Waals surface area contributed by atoms with Gasteiger partial charge in [0.15, 0.2) is 5.03 Å². The summed E-state index contributed by atoms with van der Waals surface area (Å²) in [5.74, 6) is -3.75. The molecule has 0 rings (SSSR count). The molecule has 0 fully saturated rings. The van der Waals surface area contributed by atoms with Crippen molar-refractivity contribution >= 4 is 23.5 Å². The van der Waals surface area contributed by atoms with Gasteiger partial charge in [0.1, 0.15) is 12.2 Å². The lowest BCUT2D eigenvalue weighted by atomic mass is 10.3. The second kappa shape index (κ2) is 3.82. The molecule has 0 heterocycles. The van der Waals surface area contributed by atoms with Crippen molar-refractivity contribution in [3.63, 3.8) is 0 Å². The maximum Gasteiger partial charge on any atom is 0.350 e. The zero-order chi connectivity index (χ0) is 9.02. The Morgan fingerprint density at radius 1 is 1.18 bits per heavy atom. The molecule has 0 aromatic rings. The molecule has 0 amide bonds. The predicted molar refractivity (Wildman–Crippen MR) is 35.4 cm³/mol. The summed E-state index contributed by atoms with van der Waals surface area (Å²) in [7, 11) is 0. The van der Waals surface area contributed by atoms with Gasteiger partial charge in [-0.05, 0) is 0 Å². The number of aliphatic carboxylic acids is 2. The Morgan fingerprint density at radius 2 is 1.64 bits per heavy atom. The van der Waals surface area contributed by atoms with Gasteiger partial charge in [0, 0.05) is 0 Å². The summed E-state index contributed by atoms with van der Waals surface area (Å²) in [6, 6.07) is 0. The highest BCUT2D eigenvalue weighted by atomic mass is 35.5. The number of carboxylic acids is 2. The van der Waals surface area contributed by atoms with E-state index in [1.807, 2.05) is 0 Å². The van der Waals surface area contributed by atoms with Crippen LogP contribution >= 0.6 is 11.6 Å². The Bertz CT molecular complexity index is 219. The van der Waals surface area contributed by atoms with Crippen LogP contribution in [-0.2, 0) is 9.59 Å². The summed E-state index contributed by atoms with van der Waals surface area (Å²) >= 11 is 4.98. The highest BCUT2D eigenvalue weighted by molar-refractivity contribution is 6.41. The van der Waals surface area contributed by atoms with Crippen molar-refractivity contribution in [1.82, 2.24) is 0 Å². The van der Waals surface area contributed by atoms with E-state index in [-0.39, 0.29) is 0 Å². The largest absolute Gasteiger partial charge is 0.510 e. The van der Waals surface area contributed by atoms with Gasteiger partial charge in [0.2, 0.25) is 0 Å². The van der Waals surface area contributed by atoms with E-state index in [1.54, 1.807) is 0 Å². The lowest BCUT2D eigenvalue weighted by Gasteiger charge is -1.95.